The monoisotopic (exact) mass is 350 g/mol. The second-order valence-corrected chi connectivity index (χ2v) is 7.41. The molecule has 0 spiro atoms. The molecule has 1 nitrogen and oxygen atoms in total. The Hall–Kier alpha value is -3.06. The third-order valence-corrected chi connectivity index (χ3v) is 5.68. The number of fused-ring (bicyclic) bond motifs is 2. The molecule has 132 valence electrons. The van der Waals surface area contributed by atoms with Gasteiger partial charge in [0.25, 0.3) is 0 Å². The van der Waals surface area contributed by atoms with Gasteiger partial charge in [0, 0.05) is 6.42 Å². The summed E-state index contributed by atoms with van der Waals surface area (Å²) in [5, 5.41) is 13.1. The summed E-state index contributed by atoms with van der Waals surface area (Å²) in [6.07, 6.45) is 19.4. The van der Waals surface area contributed by atoms with E-state index in [1.54, 1.807) is 0 Å². The molecule has 2 aromatic carbocycles. The predicted octanol–water partition coefficient (Wildman–Crippen LogP) is 4.92. The fraction of sp³-hybridized carbons (Fsp3) is 0.154. The molecule has 1 N–H and O–H groups in total. The van der Waals surface area contributed by atoms with Gasteiger partial charge < -0.3 is 5.11 Å². The second-order valence-electron chi connectivity index (χ2n) is 7.41. The topological polar surface area (TPSA) is 20.2 Å². The third-order valence-electron chi connectivity index (χ3n) is 5.68. The van der Waals surface area contributed by atoms with Crippen LogP contribution in [0.2, 0.25) is 0 Å². The molecular formula is C26H22O. The Labute approximate surface area is 159 Å². The fourth-order valence-corrected chi connectivity index (χ4v) is 4.22. The molecule has 27 heavy (non-hydrogen) atoms. The van der Waals surface area contributed by atoms with Gasteiger partial charge in [0.05, 0.1) is 0 Å². The van der Waals surface area contributed by atoms with Crippen molar-refractivity contribution in [1.82, 2.24) is 0 Å². The zero-order valence-corrected chi connectivity index (χ0v) is 15.3. The lowest BCUT2D eigenvalue weighted by Gasteiger charge is -2.22. The summed E-state index contributed by atoms with van der Waals surface area (Å²) in [7, 11) is 0. The van der Waals surface area contributed by atoms with Crippen LogP contribution in [-0.2, 0) is 6.42 Å². The average Bonchev–Trinajstić information content (AvgIpc) is 2.73. The molecule has 2 aromatic rings. The van der Waals surface area contributed by atoms with Crippen LogP contribution in [0.1, 0.15) is 41.5 Å². The van der Waals surface area contributed by atoms with Gasteiger partial charge in [-0.15, -0.1) is 0 Å². The summed E-state index contributed by atoms with van der Waals surface area (Å²) in [4.78, 5) is 0. The van der Waals surface area contributed by atoms with Crippen LogP contribution in [0.5, 0.6) is 0 Å². The first kappa shape index (κ1) is 16.1. The molecule has 5 rings (SSSR count). The molecule has 0 saturated carbocycles. The quantitative estimate of drug-likeness (QED) is 0.815. The molecule has 3 aliphatic rings. The van der Waals surface area contributed by atoms with Crippen molar-refractivity contribution in [1.29, 1.82) is 0 Å². The number of hydrogen-bond acceptors (Lipinski definition) is 1. The highest BCUT2D eigenvalue weighted by Gasteiger charge is 2.21. The first-order chi connectivity index (χ1) is 13.3. The van der Waals surface area contributed by atoms with E-state index >= 15 is 0 Å². The normalized spacial score (nSPS) is 19.6. The van der Waals surface area contributed by atoms with Crippen LogP contribution in [0, 0.1) is 0 Å². The van der Waals surface area contributed by atoms with Gasteiger partial charge in [-0.05, 0) is 75.3 Å². The van der Waals surface area contributed by atoms with E-state index in [1.165, 1.54) is 32.7 Å². The molecule has 0 unspecified atom stereocenters. The molecule has 0 radical (unpaired) electrons. The van der Waals surface area contributed by atoms with Gasteiger partial charge in [0.1, 0.15) is 5.76 Å². The van der Waals surface area contributed by atoms with Gasteiger partial charge in [0.2, 0.25) is 0 Å². The first-order valence-corrected chi connectivity index (χ1v) is 9.68. The van der Waals surface area contributed by atoms with E-state index in [2.05, 4.69) is 78.9 Å². The SMILES string of the molecule is OC1=C(/C=c2\cccc3c2=CCC=C3)C/C1=C/c1cccc2c1CCC=C2. The van der Waals surface area contributed by atoms with E-state index in [4.69, 9.17) is 0 Å². The summed E-state index contributed by atoms with van der Waals surface area (Å²) >= 11 is 0. The molecule has 1 heteroatoms. The van der Waals surface area contributed by atoms with E-state index < -0.39 is 0 Å². The Balaban J connectivity index is 1.52. The average molecular weight is 350 g/mol. The van der Waals surface area contributed by atoms with Gasteiger partial charge in [-0.25, -0.2) is 0 Å². The molecule has 0 bridgehead atoms. The summed E-state index contributed by atoms with van der Waals surface area (Å²) < 4.78 is 0. The number of benzene rings is 2. The van der Waals surface area contributed by atoms with Gasteiger partial charge >= 0.3 is 0 Å². The van der Waals surface area contributed by atoms with Gasteiger partial charge in [-0.1, -0.05) is 66.8 Å². The molecular weight excluding hydrogens is 328 g/mol. The Kier molecular flexibility index (Phi) is 3.94. The van der Waals surface area contributed by atoms with Crippen LogP contribution >= 0.6 is 0 Å². The number of allylic oxidation sites excluding steroid dienone is 4. The first-order valence-electron chi connectivity index (χ1n) is 9.68. The van der Waals surface area contributed by atoms with E-state index in [1.807, 2.05) is 0 Å². The van der Waals surface area contributed by atoms with Crippen LogP contribution in [0.3, 0.4) is 0 Å². The molecule has 3 aliphatic carbocycles. The maximum atomic E-state index is 10.6. The molecule has 0 saturated heterocycles. The van der Waals surface area contributed by atoms with Gasteiger partial charge in [-0.2, -0.15) is 0 Å². The summed E-state index contributed by atoms with van der Waals surface area (Å²) in [5.74, 6) is 0.447. The van der Waals surface area contributed by atoms with E-state index in [0.717, 1.165) is 36.8 Å². The molecule has 0 fully saturated rings. The number of hydrogen-bond donors (Lipinski definition) is 1. The van der Waals surface area contributed by atoms with Crippen molar-refractivity contribution >= 4 is 30.4 Å². The lowest BCUT2D eigenvalue weighted by molar-refractivity contribution is 0.400. The Morgan fingerprint density at radius 2 is 1.74 bits per heavy atom. The van der Waals surface area contributed by atoms with Crippen LogP contribution in [-0.4, -0.2) is 5.11 Å². The lowest BCUT2D eigenvalue weighted by Crippen LogP contribution is -2.28. The maximum absolute atomic E-state index is 10.6. The summed E-state index contributed by atoms with van der Waals surface area (Å²) in [5.41, 5.74) is 7.28. The van der Waals surface area contributed by atoms with Crippen LogP contribution < -0.4 is 10.4 Å². The molecule has 0 amide bonds. The van der Waals surface area contributed by atoms with Gasteiger partial charge in [0.15, 0.2) is 0 Å². The highest BCUT2D eigenvalue weighted by atomic mass is 16.3. The third kappa shape index (κ3) is 2.90. The van der Waals surface area contributed by atoms with Crippen LogP contribution in [0.25, 0.3) is 30.4 Å². The molecule has 0 atom stereocenters. The zero-order chi connectivity index (χ0) is 18.2. The van der Waals surface area contributed by atoms with Crippen LogP contribution in [0.4, 0.5) is 0 Å². The van der Waals surface area contributed by atoms with Crippen molar-refractivity contribution in [3.05, 3.63) is 98.1 Å². The van der Waals surface area contributed by atoms with Gasteiger partial charge in [-0.3, -0.25) is 0 Å². The van der Waals surface area contributed by atoms with Crippen LogP contribution in [0.15, 0.2) is 65.5 Å². The largest absolute Gasteiger partial charge is 0.507 e. The Bertz CT molecular complexity index is 1170. The number of rotatable bonds is 2. The van der Waals surface area contributed by atoms with Crippen molar-refractivity contribution in [2.45, 2.75) is 25.7 Å². The van der Waals surface area contributed by atoms with E-state index in [0.29, 0.717) is 5.76 Å². The van der Waals surface area contributed by atoms with Crippen molar-refractivity contribution in [2.75, 3.05) is 0 Å². The minimum atomic E-state index is 0.447. The van der Waals surface area contributed by atoms with E-state index in [-0.39, 0.29) is 0 Å². The predicted molar refractivity (Wildman–Crippen MR) is 114 cm³/mol. The van der Waals surface area contributed by atoms with Crippen molar-refractivity contribution in [3.8, 4) is 0 Å². The maximum Gasteiger partial charge on any atom is 0.122 e. The standard InChI is InChI=1S/C26H22O/c27-26-22(15-20-11-5-9-18-7-1-3-13-24(18)20)17-23(26)16-21-12-6-10-19-8-2-4-14-25(19)21/h1-2,5-13,15-16,27H,3-4,14,17H2/b20-15+,23-16-. The van der Waals surface area contributed by atoms with Crippen molar-refractivity contribution in [2.24, 2.45) is 0 Å². The Morgan fingerprint density at radius 3 is 2.67 bits per heavy atom. The number of aliphatic hydroxyl groups is 1. The highest BCUT2D eigenvalue weighted by molar-refractivity contribution is 5.73. The minimum absolute atomic E-state index is 0.447. The number of aliphatic hydroxyl groups excluding tert-OH is 1. The van der Waals surface area contributed by atoms with Crippen molar-refractivity contribution in [3.63, 3.8) is 0 Å². The fourth-order valence-electron chi connectivity index (χ4n) is 4.22. The van der Waals surface area contributed by atoms with Crippen molar-refractivity contribution < 1.29 is 5.11 Å². The Morgan fingerprint density at radius 1 is 0.889 bits per heavy atom. The summed E-state index contributed by atoms with van der Waals surface area (Å²) in [6.45, 7) is 0. The minimum Gasteiger partial charge on any atom is -0.507 e. The second kappa shape index (κ2) is 6.59. The lowest BCUT2D eigenvalue weighted by atomic mass is 9.85. The molecule has 0 aliphatic heterocycles. The summed E-state index contributed by atoms with van der Waals surface area (Å²) in [6, 6.07) is 12.8. The molecule has 0 aromatic heterocycles. The van der Waals surface area contributed by atoms with E-state index in [9.17, 15) is 5.11 Å². The highest BCUT2D eigenvalue weighted by Crippen LogP contribution is 2.36. The zero-order valence-electron chi connectivity index (χ0n) is 15.3. The smallest absolute Gasteiger partial charge is 0.122 e. The molecule has 0 heterocycles.